The number of aliphatic hydroxyl groups is 5. The standard InChI is InChI=1S/C32H36O15/c1-41-19-11-16(8-9-18(19)33)29(39)46-28-24(35)17-12-22-43-14-32(28,40)23(17)30(45-22)47-31-27(38)26(37)25(36)20(44-31)13-42-21(34)10-7-15-5-3-2-4-6-15/h2-11,17,20,22-28,30-31,33,35-38,40H,12-14H2,1H3/b10-7+/t17?,20-,22?,23?,24+,25-,26+,27-,28-,30+,31+,32-/m1/s1. The van der Waals surface area contributed by atoms with Crippen LogP contribution in [0, 0.1) is 11.8 Å². The Kier molecular flexibility index (Phi) is 9.53. The first-order valence-electron chi connectivity index (χ1n) is 15.0. The van der Waals surface area contributed by atoms with E-state index in [1.165, 1.54) is 37.5 Å². The summed E-state index contributed by atoms with van der Waals surface area (Å²) in [6.45, 7) is -0.911. The highest BCUT2D eigenvalue weighted by atomic mass is 16.8. The third kappa shape index (κ3) is 6.46. The number of esters is 2. The zero-order valence-electron chi connectivity index (χ0n) is 25.1. The van der Waals surface area contributed by atoms with Crippen LogP contribution in [-0.2, 0) is 33.2 Å². The SMILES string of the molecule is COc1cc(C(=O)O[C@@H]2[C@@H](O)C3CC4OC[C@@]2(O)C3[C@H](O[C@@H]2O[C@H](COC(=O)/C=C/c3ccccc3)[C@@H](O)[C@H](O)[C@H]2O)O4)ccc1O. The number of phenolic OH excluding ortho intramolecular Hbond substituents is 1. The van der Waals surface area contributed by atoms with Gasteiger partial charge in [0.1, 0.15) is 36.6 Å². The normalized spacial score (nSPS) is 37.8. The average Bonchev–Trinajstić information content (AvgIpc) is 3.17. The lowest BCUT2D eigenvalue weighted by Crippen LogP contribution is -2.61. The van der Waals surface area contributed by atoms with Gasteiger partial charge in [0, 0.05) is 18.4 Å². The number of carbonyl (C=O) groups excluding carboxylic acids is 2. The number of aliphatic hydroxyl groups excluding tert-OH is 4. The van der Waals surface area contributed by atoms with Gasteiger partial charge in [0.2, 0.25) is 0 Å². The number of fused-ring (bicyclic) bond motifs is 2. The molecule has 0 amide bonds. The molecule has 1 aliphatic carbocycles. The summed E-state index contributed by atoms with van der Waals surface area (Å²) in [5.74, 6) is -3.68. The van der Waals surface area contributed by atoms with Crippen molar-refractivity contribution < 1.29 is 73.4 Å². The Labute approximate surface area is 268 Å². The molecule has 1 saturated carbocycles. The minimum atomic E-state index is -2.03. The number of rotatable bonds is 9. The molecule has 0 aromatic heterocycles. The maximum absolute atomic E-state index is 13.1. The predicted octanol–water partition coefficient (Wildman–Crippen LogP) is -0.552. The van der Waals surface area contributed by atoms with Crippen molar-refractivity contribution in [2.45, 2.75) is 67.5 Å². The molecule has 7 rings (SSSR count). The van der Waals surface area contributed by atoms with Gasteiger partial charge < -0.3 is 63.8 Å². The molecule has 254 valence electrons. The molecule has 2 aromatic carbocycles. The molecule has 47 heavy (non-hydrogen) atoms. The summed E-state index contributed by atoms with van der Waals surface area (Å²) in [7, 11) is 1.31. The molecule has 0 radical (unpaired) electrons. The molecule has 4 aliphatic heterocycles. The zero-order valence-corrected chi connectivity index (χ0v) is 25.1. The van der Waals surface area contributed by atoms with Crippen molar-refractivity contribution in [1.82, 2.24) is 0 Å². The minimum absolute atomic E-state index is 0.0135. The number of methoxy groups -OCH3 is 1. The number of hydrogen-bond acceptors (Lipinski definition) is 15. The number of phenols is 1. The third-order valence-corrected chi connectivity index (χ3v) is 9.01. The third-order valence-electron chi connectivity index (χ3n) is 9.01. The highest BCUT2D eigenvalue weighted by Crippen LogP contribution is 2.53. The van der Waals surface area contributed by atoms with Gasteiger partial charge in [0.25, 0.3) is 0 Å². The molecule has 4 heterocycles. The Morgan fingerprint density at radius 3 is 2.49 bits per heavy atom. The zero-order chi connectivity index (χ0) is 33.5. The Hall–Kier alpha value is -3.64. The van der Waals surface area contributed by atoms with Crippen LogP contribution in [0.3, 0.4) is 0 Å². The van der Waals surface area contributed by atoms with Crippen LogP contribution in [0.2, 0.25) is 0 Å². The Morgan fingerprint density at radius 1 is 0.979 bits per heavy atom. The molecule has 0 spiro atoms. The number of ether oxygens (including phenoxy) is 7. The molecule has 15 nitrogen and oxygen atoms in total. The van der Waals surface area contributed by atoms with E-state index in [1.807, 2.05) is 6.07 Å². The summed E-state index contributed by atoms with van der Waals surface area (Å²) in [6, 6.07) is 12.8. The molecule has 15 heteroatoms. The first kappa shape index (κ1) is 33.3. The van der Waals surface area contributed by atoms with Gasteiger partial charge in [-0.05, 0) is 29.8 Å². The summed E-state index contributed by atoms with van der Waals surface area (Å²) >= 11 is 0. The highest BCUT2D eigenvalue weighted by molar-refractivity contribution is 5.90. The second kappa shape index (κ2) is 13.5. The molecule has 5 aliphatic rings. The Morgan fingerprint density at radius 2 is 1.74 bits per heavy atom. The van der Waals surface area contributed by atoms with Crippen molar-refractivity contribution in [2.75, 3.05) is 20.3 Å². The van der Waals surface area contributed by atoms with E-state index in [4.69, 9.17) is 33.2 Å². The van der Waals surface area contributed by atoms with Crippen molar-refractivity contribution in [3.63, 3.8) is 0 Å². The summed E-state index contributed by atoms with van der Waals surface area (Å²) in [5, 5.41) is 64.9. The van der Waals surface area contributed by atoms with Crippen LogP contribution in [0.25, 0.3) is 6.08 Å². The van der Waals surface area contributed by atoms with Crippen LogP contribution in [-0.4, -0.2) is 124 Å². The fraction of sp³-hybridized carbons (Fsp3) is 0.500. The topological polar surface area (TPSA) is 220 Å². The van der Waals surface area contributed by atoms with Crippen molar-refractivity contribution >= 4 is 18.0 Å². The van der Waals surface area contributed by atoms with Crippen LogP contribution in [0.1, 0.15) is 22.3 Å². The molecule has 4 bridgehead atoms. The van der Waals surface area contributed by atoms with E-state index in [1.54, 1.807) is 24.3 Å². The van der Waals surface area contributed by atoms with Crippen molar-refractivity contribution in [3.8, 4) is 11.5 Å². The summed E-state index contributed by atoms with van der Waals surface area (Å²) < 4.78 is 39.1. The lowest BCUT2D eigenvalue weighted by Gasteiger charge is -2.44. The molecule has 6 N–H and O–H groups in total. The maximum atomic E-state index is 13.1. The number of hydrogen-bond donors (Lipinski definition) is 6. The van der Waals surface area contributed by atoms with Crippen LogP contribution >= 0.6 is 0 Å². The van der Waals surface area contributed by atoms with E-state index in [-0.39, 0.29) is 23.5 Å². The van der Waals surface area contributed by atoms with E-state index >= 15 is 0 Å². The predicted molar refractivity (Wildman–Crippen MR) is 155 cm³/mol. The lowest BCUT2D eigenvalue weighted by molar-refractivity contribution is -0.371. The number of benzene rings is 2. The molecular formula is C32H36O15. The summed E-state index contributed by atoms with van der Waals surface area (Å²) in [6.07, 6.45) is -10.6. The summed E-state index contributed by atoms with van der Waals surface area (Å²) in [4.78, 5) is 25.4. The van der Waals surface area contributed by atoms with Crippen molar-refractivity contribution in [3.05, 3.63) is 65.7 Å². The monoisotopic (exact) mass is 660 g/mol. The molecule has 12 atom stereocenters. The first-order valence-corrected chi connectivity index (χ1v) is 15.0. The average molecular weight is 661 g/mol. The van der Waals surface area contributed by atoms with E-state index in [0.29, 0.717) is 0 Å². The number of aromatic hydroxyl groups is 1. The Balaban J connectivity index is 1.15. The second-order valence-electron chi connectivity index (χ2n) is 11.9. The van der Waals surface area contributed by atoms with Crippen molar-refractivity contribution in [1.29, 1.82) is 0 Å². The molecule has 4 saturated heterocycles. The van der Waals surface area contributed by atoms with Gasteiger partial charge in [-0.2, -0.15) is 0 Å². The van der Waals surface area contributed by atoms with Crippen LogP contribution in [0.5, 0.6) is 11.5 Å². The van der Waals surface area contributed by atoms with Gasteiger partial charge in [-0.3, -0.25) is 0 Å². The van der Waals surface area contributed by atoms with E-state index in [9.17, 15) is 40.2 Å². The van der Waals surface area contributed by atoms with Crippen molar-refractivity contribution in [2.24, 2.45) is 11.8 Å². The first-order chi connectivity index (χ1) is 22.5. The van der Waals surface area contributed by atoms with E-state index in [2.05, 4.69) is 0 Å². The fourth-order valence-electron chi connectivity index (χ4n) is 6.56. The quantitative estimate of drug-likeness (QED) is 0.147. The highest BCUT2D eigenvalue weighted by Gasteiger charge is 2.69. The molecule has 2 aromatic rings. The summed E-state index contributed by atoms with van der Waals surface area (Å²) in [5.41, 5.74) is -1.29. The van der Waals surface area contributed by atoms with Gasteiger partial charge in [0.15, 0.2) is 36.5 Å². The second-order valence-corrected chi connectivity index (χ2v) is 11.9. The fourth-order valence-corrected chi connectivity index (χ4v) is 6.56. The van der Waals surface area contributed by atoms with Gasteiger partial charge in [-0.25, -0.2) is 9.59 Å². The largest absolute Gasteiger partial charge is 0.504 e. The molecule has 3 unspecified atom stereocenters. The van der Waals surface area contributed by atoms with Gasteiger partial charge in [-0.15, -0.1) is 0 Å². The maximum Gasteiger partial charge on any atom is 0.338 e. The smallest absolute Gasteiger partial charge is 0.338 e. The Bertz CT molecular complexity index is 1470. The van der Waals surface area contributed by atoms with Crippen LogP contribution in [0.4, 0.5) is 0 Å². The van der Waals surface area contributed by atoms with Gasteiger partial charge in [0.05, 0.1) is 31.3 Å². The molecule has 5 fully saturated rings. The van der Waals surface area contributed by atoms with Gasteiger partial charge >= 0.3 is 11.9 Å². The lowest BCUT2D eigenvalue weighted by atomic mass is 9.82. The molecular weight excluding hydrogens is 624 g/mol. The minimum Gasteiger partial charge on any atom is -0.504 e. The number of carbonyl (C=O) groups is 2. The van der Waals surface area contributed by atoms with Gasteiger partial charge in [-0.1, -0.05) is 30.3 Å². The van der Waals surface area contributed by atoms with E-state index in [0.717, 1.165) is 5.56 Å². The van der Waals surface area contributed by atoms with E-state index < -0.39 is 98.1 Å². The van der Waals surface area contributed by atoms with Crippen LogP contribution in [0.15, 0.2) is 54.6 Å². The van der Waals surface area contributed by atoms with Crippen LogP contribution < -0.4 is 4.74 Å².